The highest BCUT2D eigenvalue weighted by Crippen LogP contribution is 2.59. The van der Waals surface area contributed by atoms with Gasteiger partial charge in [0.1, 0.15) is 0 Å². The van der Waals surface area contributed by atoms with E-state index in [4.69, 9.17) is 0 Å². The number of hydrogen-bond donors (Lipinski definition) is 1. The van der Waals surface area contributed by atoms with Crippen LogP contribution in [-0.2, 0) is 32.7 Å². The van der Waals surface area contributed by atoms with Crippen molar-refractivity contribution in [3.63, 3.8) is 0 Å². The predicted molar refractivity (Wildman–Crippen MR) is 178 cm³/mol. The maximum Gasteiger partial charge on any atom is 0.0447 e. The fourth-order valence-electron chi connectivity index (χ4n) is 9.16. The van der Waals surface area contributed by atoms with Crippen LogP contribution in [0.5, 0.6) is 0 Å². The molecule has 0 saturated carbocycles. The summed E-state index contributed by atoms with van der Waals surface area (Å²) in [7, 11) is 2.32. The zero-order chi connectivity index (χ0) is 29.2. The Morgan fingerprint density at radius 3 is 1.07 bits per heavy atom. The molecule has 0 amide bonds. The van der Waals surface area contributed by atoms with Gasteiger partial charge in [0, 0.05) is 41.7 Å². The first-order valence-electron chi connectivity index (χ1n) is 16.7. The second-order valence-electron chi connectivity index (χ2n) is 12.3. The van der Waals surface area contributed by atoms with E-state index >= 15 is 0 Å². The molecule has 4 aliphatic rings. The predicted octanol–water partition coefficient (Wildman–Crippen LogP) is 10.4. The first-order valence-corrected chi connectivity index (χ1v) is 16.7. The monoisotopic (exact) mass is 546 g/mol. The molecule has 2 aromatic heterocycles. The Labute approximate surface area is 248 Å². The van der Waals surface area contributed by atoms with Gasteiger partial charge in [0.2, 0.25) is 0 Å². The quantitative estimate of drug-likeness (QED) is 0.340. The summed E-state index contributed by atoms with van der Waals surface area (Å²) in [5.41, 5.74) is 24.3. The second-order valence-corrected chi connectivity index (χ2v) is 12.3. The highest BCUT2D eigenvalue weighted by molar-refractivity contribution is 5.83. The van der Waals surface area contributed by atoms with Crippen molar-refractivity contribution in [3.05, 3.63) is 89.6 Å². The molecule has 0 saturated heterocycles. The molecule has 6 rings (SSSR count). The van der Waals surface area contributed by atoms with Crippen molar-refractivity contribution in [2.24, 2.45) is 18.9 Å². The lowest BCUT2D eigenvalue weighted by molar-refractivity contribution is 0.605. The van der Waals surface area contributed by atoms with Crippen LogP contribution in [0.3, 0.4) is 0 Å². The number of allylic oxidation sites excluding steroid dienone is 8. The van der Waals surface area contributed by atoms with Gasteiger partial charge in [-0.1, -0.05) is 55.4 Å². The van der Waals surface area contributed by atoms with Crippen LogP contribution < -0.4 is 0 Å². The average molecular weight is 547 g/mol. The van der Waals surface area contributed by atoms with Crippen LogP contribution >= 0.6 is 0 Å². The minimum Gasteiger partial charge on any atom is -0.355 e. The van der Waals surface area contributed by atoms with Crippen molar-refractivity contribution < 1.29 is 0 Å². The molecule has 2 aliphatic carbocycles. The van der Waals surface area contributed by atoms with Gasteiger partial charge in [-0.25, -0.2) is 0 Å². The van der Waals surface area contributed by atoms with E-state index in [2.05, 4.69) is 96.3 Å². The fourth-order valence-corrected chi connectivity index (χ4v) is 9.16. The zero-order valence-corrected chi connectivity index (χ0v) is 27.1. The van der Waals surface area contributed by atoms with Gasteiger partial charge in [-0.05, 0) is 143 Å². The van der Waals surface area contributed by atoms with Crippen molar-refractivity contribution in [2.75, 3.05) is 0 Å². The lowest BCUT2D eigenvalue weighted by Gasteiger charge is -2.29. The Balaban J connectivity index is 1.82. The second kappa shape index (κ2) is 10.7. The maximum atomic E-state index is 3.97. The number of rotatable bonds is 8. The van der Waals surface area contributed by atoms with E-state index in [0.717, 1.165) is 51.4 Å². The summed E-state index contributed by atoms with van der Waals surface area (Å²) in [6.45, 7) is 18.9. The highest BCUT2D eigenvalue weighted by atomic mass is 15.0. The number of nitrogens with zero attached hydrogens (tertiary/aromatic N) is 1. The summed E-state index contributed by atoms with van der Waals surface area (Å²) in [5.74, 6) is 0.703. The first kappa shape index (κ1) is 28.1. The molecule has 4 bridgehead atoms. The van der Waals surface area contributed by atoms with Crippen LogP contribution in [-0.4, -0.2) is 9.55 Å². The van der Waals surface area contributed by atoms with Gasteiger partial charge in [0.15, 0.2) is 0 Å². The lowest BCUT2D eigenvalue weighted by Crippen LogP contribution is -2.19. The van der Waals surface area contributed by atoms with Crippen molar-refractivity contribution in [1.82, 2.24) is 9.55 Å². The third kappa shape index (κ3) is 3.81. The van der Waals surface area contributed by atoms with Gasteiger partial charge in [0.25, 0.3) is 0 Å². The van der Waals surface area contributed by atoms with Crippen LogP contribution in [0.2, 0.25) is 0 Å². The Morgan fingerprint density at radius 1 is 0.463 bits per heavy atom. The van der Waals surface area contributed by atoms with E-state index < -0.39 is 0 Å². The molecule has 1 N–H and O–H groups in total. The lowest BCUT2D eigenvalue weighted by atomic mass is 9.73. The standard InChI is InChI=1S/C39H50N2/c1-10-22-24(12-3)32-20-36-28(16-7)29(17-8)37(41(36)9)21-33-25(13-4)23(11-2)31-19-35-27(15-6)26(14-5)34(40-35)18-30(22)38(32)39(31)33/h18-21,38-40H,10-17H2,1-9H3/b30-18-,31-19?,32-20-,33-21-,34-18?,35-19?,36-20?,37-21?. The van der Waals surface area contributed by atoms with Crippen molar-refractivity contribution in [2.45, 2.75) is 107 Å². The molecule has 2 aliphatic heterocycles. The third-order valence-electron chi connectivity index (χ3n) is 10.8. The summed E-state index contributed by atoms with van der Waals surface area (Å²) in [5, 5.41) is 0. The average Bonchev–Trinajstić information content (AvgIpc) is 3.66. The molecule has 4 heterocycles. The van der Waals surface area contributed by atoms with Gasteiger partial charge >= 0.3 is 0 Å². The summed E-state index contributed by atoms with van der Waals surface area (Å²) in [6, 6.07) is 0. The topological polar surface area (TPSA) is 20.7 Å². The fraction of sp³-hybridized carbons (Fsp3) is 0.487. The molecule has 0 aromatic carbocycles. The third-order valence-corrected chi connectivity index (χ3v) is 10.8. The van der Waals surface area contributed by atoms with Gasteiger partial charge < -0.3 is 9.55 Å². The summed E-state index contributed by atoms with van der Waals surface area (Å²) in [4.78, 5) is 3.97. The molecule has 2 atom stereocenters. The van der Waals surface area contributed by atoms with E-state index in [1.54, 1.807) is 55.7 Å². The zero-order valence-electron chi connectivity index (χ0n) is 27.1. The number of aromatic nitrogens is 2. The van der Waals surface area contributed by atoms with Crippen LogP contribution in [0.15, 0.2) is 44.6 Å². The molecule has 41 heavy (non-hydrogen) atoms. The molecular weight excluding hydrogens is 496 g/mol. The molecule has 2 nitrogen and oxygen atoms in total. The minimum atomic E-state index is 0.351. The molecule has 0 radical (unpaired) electrons. The molecule has 216 valence electrons. The van der Waals surface area contributed by atoms with Crippen LogP contribution in [0.25, 0.3) is 24.3 Å². The number of aromatic amines is 1. The van der Waals surface area contributed by atoms with E-state index in [1.165, 1.54) is 33.9 Å². The summed E-state index contributed by atoms with van der Waals surface area (Å²) >= 11 is 0. The van der Waals surface area contributed by atoms with Gasteiger partial charge in [-0.3, -0.25) is 0 Å². The van der Waals surface area contributed by atoms with Crippen molar-refractivity contribution in [1.29, 1.82) is 0 Å². The molecule has 2 heteroatoms. The molecular formula is C39H50N2. The van der Waals surface area contributed by atoms with E-state index in [-0.39, 0.29) is 0 Å². The first-order chi connectivity index (χ1) is 19.9. The molecule has 0 fully saturated rings. The highest BCUT2D eigenvalue weighted by Gasteiger charge is 2.46. The Hall–Kier alpha value is -3.00. The Morgan fingerprint density at radius 2 is 0.780 bits per heavy atom. The Kier molecular flexibility index (Phi) is 7.33. The van der Waals surface area contributed by atoms with Crippen LogP contribution in [0.1, 0.15) is 126 Å². The van der Waals surface area contributed by atoms with Gasteiger partial charge in [-0.2, -0.15) is 0 Å². The molecule has 0 spiro atoms. The Bertz CT molecular complexity index is 1500. The van der Waals surface area contributed by atoms with Crippen LogP contribution in [0, 0.1) is 11.8 Å². The number of hydrogen-bond acceptors (Lipinski definition) is 0. The smallest absolute Gasteiger partial charge is 0.0447 e. The minimum absolute atomic E-state index is 0.351. The van der Waals surface area contributed by atoms with Gasteiger partial charge in [0.05, 0.1) is 0 Å². The number of H-pyrrole nitrogens is 1. The van der Waals surface area contributed by atoms with Crippen molar-refractivity contribution >= 4 is 24.3 Å². The summed E-state index contributed by atoms with van der Waals surface area (Å²) in [6.07, 6.45) is 19.1. The van der Waals surface area contributed by atoms with Gasteiger partial charge in [-0.15, -0.1) is 0 Å². The van der Waals surface area contributed by atoms with E-state index in [0.29, 0.717) is 11.8 Å². The van der Waals surface area contributed by atoms with Crippen molar-refractivity contribution in [3.8, 4) is 0 Å². The number of nitrogens with one attached hydrogen (secondary N) is 1. The molecule has 2 unspecified atom stereocenters. The van der Waals surface area contributed by atoms with E-state index in [1.807, 2.05) is 0 Å². The van der Waals surface area contributed by atoms with E-state index in [9.17, 15) is 0 Å². The molecule has 2 aromatic rings. The summed E-state index contributed by atoms with van der Waals surface area (Å²) < 4.78 is 2.53. The largest absolute Gasteiger partial charge is 0.355 e. The maximum absolute atomic E-state index is 3.97. The number of fused-ring (bicyclic) bond motifs is 4. The SMILES string of the molecule is CCC1=C(CC)/C2=C/c3c(CC)c(CC)c(n3C)/C=C3C(CC)=C(CC)/C4=C/c5[nH]c(c(CC)c5CC)C=C1C2C4/3. The normalized spacial score (nSPS) is 24.8. The van der Waals surface area contributed by atoms with Crippen LogP contribution in [0.4, 0.5) is 0 Å².